The third-order valence-electron chi connectivity index (χ3n) is 1.56. The van der Waals surface area contributed by atoms with Crippen LogP contribution in [-0.4, -0.2) is 29.7 Å². The summed E-state index contributed by atoms with van der Waals surface area (Å²) < 4.78 is 4.64. The molecule has 1 atom stereocenters. The third-order valence-corrected chi connectivity index (χ3v) is 1.56. The predicted octanol–water partition coefficient (Wildman–Crippen LogP) is 0.635. The normalized spacial score (nSPS) is 11.3. The van der Waals surface area contributed by atoms with Crippen molar-refractivity contribution >= 4 is 11.9 Å². The summed E-state index contributed by atoms with van der Waals surface area (Å²) in [5.41, 5.74) is 0.334. The van der Waals surface area contributed by atoms with Gasteiger partial charge in [0.15, 0.2) is 0 Å². The van der Waals surface area contributed by atoms with Gasteiger partial charge in [-0.15, -0.1) is 0 Å². The first-order valence-electron chi connectivity index (χ1n) is 4.30. The minimum atomic E-state index is -0.574. The van der Waals surface area contributed by atoms with Crippen molar-refractivity contribution in [3.8, 4) is 0 Å². The topological polar surface area (TPSA) is 63.6 Å². The minimum absolute atomic E-state index is 0.0823. The largest absolute Gasteiger partial charge is 0.457 e. The molecule has 0 fully saturated rings. The van der Waals surface area contributed by atoms with Gasteiger partial charge in [-0.1, -0.05) is 6.58 Å². The van der Waals surface area contributed by atoms with Crippen LogP contribution in [-0.2, 0) is 14.3 Å². The molecule has 0 saturated carbocycles. The van der Waals surface area contributed by atoms with Gasteiger partial charge in [0.25, 0.3) is 0 Å². The molecule has 0 rings (SSSR count). The van der Waals surface area contributed by atoms with Crippen molar-refractivity contribution in [2.24, 2.45) is 0 Å². The van der Waals surface area contributed by atoms with Crippen molar-refractivity contribution in [3.05, 3.63) is 18.2 Å². The van der Waals surface area contributed by atoms with E-state index in [0.29, 0.717) is 18.4 Å². The van der Waals surface area contributed by atoms with Crippen LogP contribution in [0.3, 0.4) is 0 Å². The molecule has 0 aromatic rings. The van der Waals surface area contributed by atoms with E-state index in [1.807, 2.05) is 0 Å². The second-order valence-corrected chi connectivity index (χ2v) is 2.91. The zero-order valence-corrected chi connectivity index (χ0v) is 8.16. The number of ether oxygens (including phenoxy) is 1. The van der Waals surface area contributed by atoms with E-state index in [1.54, 1.807) is 12.9 Å². The fourth-order valence-electron chi connectivity index (χ4n) is 0.753. The lowest BCUT2D eigenvalue weighted by atomic mass is 10.1. The molecule has 0 aromatic heterocycles. The maximum Gasteiger partial charge on any atom is 0.330 e. The standard InChI is InChI=1S/C10H14O4/c1-3-10(13)14-7-9(6-11)5-4-8(2)12/h3,8,12H,1,4-5,7H2,2H3. The molecular formula is C10H14O4. The van der Waals surface area contributed by atoms with E-state index in [4.69, 9.17) is 5.11 Å². The molecule has 0 amide bonds. The Labute approximate surface area is 82.9 Å². The first kappa shape index (κ1) is 12.6. The van der Waals surface area contributed by atoms with Gasteiger partial charge >= 0.3 is 5.97 Å². The van der Waals surface area contributed by atoms with Crippen molar-refractivity contribution in [2.75, 3.05) is 6.61 Å². The summed E-state index contributed by atoms with van der Waals surface area (Å²) in [6, 6.07) is 0. The second kappa shape index (κ2) is 7.06. The monoisotopic (exact) mass is 198 g/mol. The number of aliphatic hydroxyl groups excluding tert-OH is 1. The van der Waals surface area contributed by atoms with E-state index in [-0.39, 0.29) is 6.61 Å². The van der Waals surface area contributed by atoms with E-state index in [0.717, 1.165) is 6.08 Å². The molecule has 1 N–H and O–H groups in total. The number of aliphatic hydroxyl groups is 1. The van der Waals surface area contributed by atoms with E-state index in [2.05, 4.69) is 11.3 Å². The van der Waals surface area contributed by atoms with Crippen LogP contribution < -0.4 is 0 Å². The van der Waals surface area contributed by atoms with E-state index in [9.17, 15) is 9.59 Å². The van der Waals surface area contributed by atoms with Gasteiger partial charge in [-0.2, -0.15) is 0 Å². The van der Waals surface area contributed by atoms with Crippen molar-refractivity contribution in [1.29, 1.82) is 0 Å². The summed E-state index contributed by atoms with van der Waals surface area (Å²) in [5, 5.41) is 8.95. The highest BCUT2D eigenvalue weighted by Crippen LogP contribution is 2.05. The quantitative estimate of drug-likeness (QED) is 0.386. The van der Waals surface area contributed by atoms with Crippen LogP contribution >= 0.6 is 0 Å². The highest BCUT2D eigenvalue weighted by Gasteiger charge is 2.04. The molecule has 0 radical (unpaired) electrons. The van der Waals surface area contributed by atoms with Gasteiger partial charge in [-0.3, -0.25) is 0 Å². The predicted molar refractivity (Wildman–Crippen MR) is 51.3 cm³/mol. The van der Waals surface area contributed by atoms with Gasteiger partial charge in [-0.05, 0) is 19.8 Å². The van der Waals surface area contributed by atoms with Gasteiger partial charge in [-0.25, -0.2) is 9.59 Å². The molecule has 14 heavy (non-hydrogen) atoms. The first-order chi connectivity index (χ1) is 6.60. The Bertz CT molecular complexity index is 249. The molecule has 0 bridgehead atoms. The molecule has 0 aliphatic carbocycles. The Morgan fingerprint density at radius 2 is 2.36 bits per heavy atom. The van der Waals surface area contributed by atoms with Gasteiger partial charge in [0, 0.05) is 6.08 Å². The fourth-order valence-corrected chi connectivity index (χ4v) is 0.753. The molecule has 1 unspecified atom stereocenters. The van der Waals surface area contributed by atoms with E-state index >= 15 is 0 Å². The lowest BCUT2D eigenvalue weighted by Crippen LogP contribution is -2.07. The third kappa shape index (κ3) is 6.17. The number of carbonyl (C=O) groups excluding carboxylic acids is 2. The van der Waals surface area contributed by atoms with Crippen LogP contribution in [0.25, 0.3) is 0 Å². The smallest absolute Gasteiger partial charge is 0.330 e. The van der Waals surface area contributed by atoms with Gasteiger partial charge in [0.05, 0.1) is 11.7 Å². The van der Waals surface area contributed by atoms with E-state index in [1.165, 1.54) is 0 Å². The minimum Gasteiger partial charge on any atom is -0.457 e. The van der Waals surface area contributed by atoms with Crippen LogP contribution in [0.5, 0.6) is 0 Å². The Kier molecular flexibility index (Phi) is 6.37. The molecule has 0 heterocycles. The summed E-state index contributed by atoms with van der Waals surface area (Å²) in [6.07, 6.45) is 1.38. The molecule has 0 aliphatic rings. The van der Waals surface area contributed by atoms with Crippen molar-refractivity contribution in [1.82, 2.24) is 0 Å². The number of carbonyl (C=O) groups is 1. The summed E-state index contributed by atoms with van der Waals surface area (Å²) in [7, 11) is 0. The molecule has 0 aliphatic heterocycles. The SMILES string of the molecule is C=CC(=O)OCC(=C=O)CCC(C)O. The highest BCUT2D eigenvalue weighted by atomic mass is 16.5. The van der Waals surface area contributed by atoms with Gasteiger partial charge < -0.3 is 9.84 Å². The summed E-state index contributed by atoms with van der Waals surface area (Å²) >= 11 is 0. The Morgan fingerprint density at radius 1 is 1.71 bits per heavy atom. The second-order valence-electron chi connectivity index (χ2n) is 2.91. The van der Waals surface area contributed by atoms with E-state index < -0.39 is 12.1 Å². The Hall–Kier alpha value is -1.38. The van der Waals surface area contributed by atoms with Crippen LogP contribution in [0, 0.1) is 0 Å². The lowest BCUT2D eigenvalue weighted by molar-refractivity contribution is -0.136. The fraction of sp³-hybridized carbons (Fsp3) is 0.500. The Morgan fingerprint density at radius 3 is 2.79 bits per heavy atom. The summed E-state index contributed by atoms with van der Waals surface area (Å²) in [4.78, 5) is 21.0. The maximum absolute atomic E-state index is 10.6. The highest BCUT2D eigenvalue weighted by molar-refractivity contribution is 5.81. The molecule has 0 spiro atoms. The zero-order valence-electron chi connectivity index (χ0n) is 8.16. The van der Waals surface area contributed by atoms with Crippen molar-refractivity contribution < 1.29 is 19.4 Å². The van der Waals surface area contributed by atoms with Crippen LogP contribution in [0.15, 0.2) is 18.2 Å². The summed E-state index contributed by atoms with van der Waals surface area (Å²) in [5.74, 6) is 1.11. The van der Waals surface area contributed by atoms with Crippen LogP contribution in [0.1, 0.15) is 19.8 Å². The molecule has 0 saturated heterocycles. The molecule has 78 valence electrons. The molecular weight excluding hydrogens is 184 g/mol. The molecule has 4 nitrogen and oxygen atoms in total. The zero-order chi connectivity index (χ0) is 11.0. The average Bonchev–Trinajstić information content (AvgIpc) is 2.17. The van der Waals surface area contributed by atoms with Crippen molar-refractivity contribution in [2.45, 2.75) is 25.9 Å². The number of rotatable bonds is 6. The van der Waals surface area contributed by atoms with Gasteiger partial charge in [0.1, 0.15) is 12.5 Å². The van der Waals surface area contributed by atoms with Crippen LogP contribution in [0.2, 0.25) is 0 Å². The molecule has 0 aromatic carbocycles. The van der Waals surface area contributed by atoms with Crippen molar-refractivity contribution in [3.63, 3.8) is 0 Å². The van der Waals surface area contributed by atoms with Crippen LogP contribution in [0.4, 0.5) is 0 Å². The lowest BCUT2D eigenvalue weighted by Gasteiger charge is -2.05. The number of hydrogen-bond acceptors (Lipinski definition) is 4. The molecule has 4 heteroatoms. The number of esters is 1. The maximum atomic E-state index is 10.6. The average molecular weight is 198 g/mol. The number of hydrogen-bond donors (Lipinski definition) is 1. The van der Waals surface area contributed by atoms with Gasteiger partial charge in [0.2, 0.25) is 0 Å². The summed E-state index contributed by atoms with van der Waals surface area (Å²) in [6.45, 7) is 4.76. The Balaban J connectivity index is 3.87. The first-order valence-corrected chi connectivity index (χ1v) is 4.30.